The van der Waals surface area contributed by atoms with Gasteiger partial charge in [-0.3, -0.25) is 4.79 Å². The molecule has 17 heavy (non-hydrogen) atoms. The number of carbonyl (C=O) groups is 1. The van der Waals surface area contributed by atoms with E-state index in [4.69, 9.17) is 22.0 Å². The molecule has 0 aliphatic rings. The highest BCUT2D eigenvalue weighted by Gasteiger charge is 2.07. The van der Waals surface area contributed by atoms with Crippen LogP contribution in [0.2, 0.25) is 5.02 Å². The standard InChI is InChI=1S/C12H13ClN2O2/c1-8(4-12(16)17)7-15-10-3-2-9(6-14)11(13)5-10/h2-3,5,8,15H,4,7H2,1H3,(H,16,17). The third-order valence-corrected chi connectivity index (χ3v) is 2.58. The Labute approximate surface area is 105 Å². The van der Waals surface area contributed by atoms with Crippen molar-refractivity contribution < 1.29 is 9.90 Å². The first-order valence-electron chi connectivity index (χ1n) is 5.18. The third-order valence-electron chi connectivity index (χ3n) is 2.27. The van der Waals surface area contributed by atoms with Crippen LogP contribution in [0.15, 0.2) is 18.2 Å². The average molecular weight is 253 g/mol. The predicted octanol–water partition coefficient (Wildman–Crippen LogP) is 2.73. The van der Waals surface area contributed by atoms with Crippen LogP contribution in [-0.4, -0.2) is 17.6 Å². The van der Waals surface area contributed by atoms with Crippen molar-refractivity contribution in [3.63, 3.8) is 0 Å². The van der Waals surface area contributed by atoms with Crippen LogP contribution in [0.5, 0.6) is 0 Å². The Morgan fingerprint density at radius 1 is 1.65 bits per heavy atom. The second kappa shape index (κ2) is 6.12. The normalized spacial score (nSPS) is 11.6. The van der Waals surface area contributed by atoms with E-state index in [9.17, 15) is 4.79 Å². The van der Waals surface area contributed by atoms with Crippen molar-refractivity contribution in [3.05, 3.63) is 28.8 Å². The predicted molar refractivity (Wildman–Crippen MR) is 66.1 cm³/mol. The molecule has 90 valence electrons. The summed E-state index contributed by atoms with van der Waals surface area (Å²) in [7, 11) is 0. The number of aliphatic carboxylic acids is 1. The van der Waals surface area contributed by atoms with Gasteiger partial charge in [0, 0.05) is 18.7 Å². The number of benzene rings is 1. The summed E-state index contributed by atoms with van der Waals surface area (Å²) in [5, 5.41) is 20.8. The van der Waals surface area contributed by atoms with Gasteiger partial charge in [-0.15, -0.1) is 0 Å². The molecule has 2 N–H and O–H groups in total. The first kappa shape index (κ1) is 13.3. The van der Waals surface area contributed by atoms with E-state index in [1.807, 2.05) is 13.0 Å². The van der Waals surface area contributed by atoms with Crippen LogP contribution in [0.3, 0.4) is 0 Å². The number of halogens is 1. The minimum atomic E-state index is -0.808. The highest BCUT2D eigenvalue weighted by molar-refractivity contribution is 6.32. The number of anilines is 1. The van der Waals surface area contributed by atoms with Gasteiger partial charge in [-0.25, -0.2) is 0 Å². The van der Waals surface area contributed by atoms with Gasteiger partial charge >= 0.3 is 5.97 Å². The number of nitriles is 1. The first-order valence-corrected chi connectivity index (χ1v) is 5.56. The minimum absolute atomic E-state index is 0.0296. The summed E-state index contributed by atoms with van der Waals surface area (Å²) < 4.78 is 0. The van der Waals surface area contributed by atoms with Gasteiger partial charge in [0.1, 0.15) is 6.07 Å². The zero-order chi connectivity index (χ0) is 12.8. The number of nitrogens with zero attached hydrogens (tertiary/aromatic N) is 1. The maximum absolute atomic E-state index is 10.5. The molecule has 1 rings (SSSR count). The van der Waals surface area contributed by atoms with E-state index in [-0.39, 0.29) is 12.3 Å². The van der Waals surface area contributed by atoms with Crippen LogP contribution in [0.4, 0.5) is 5.69 Å². The lowest BCUT2D eigenvalue weighted by molar-refractivity contribution is -0.137. The fourth-order valence-electron chi connectivity index (χ4n) is 1.38. The fourth-order valence-corrected chi connectivity index (χ4v) is 1.60. The molecule has 0 saturated carbocycles. The first-order chi connectivity index (χ1) is 8.02. The van der Waals surface area contributed by atoms with E-state index in [2.05, 4.69) is 5.32 Å². The summed E-state index contributed by atoms with van der Waals surface area (Å²) in [6.07, 6.45) is 0.122. The second-order valence-electron chi connectivity index (χ2n) is 3.89. The van der Waals surface area contributed by atoms with Gasteiger partial charge in [0.2, 0.25) is 0 Å². The maximum atomic E-state index is 10.5. The lowest BCUT2D eigenvalue weighted by Gasteiger charge is -2.11. The van der Waals surface area contributed by atoms with Crippen molar-refractivity contribution in [2.45, 2.75) is 13.3 Å². The Kier molecular flexibility index (Phi) is 4.80. The summed E-state index contributed by atoms with van der Waals surface area (Å²) in [6.45, 7) is 2.40. The number of rotatable bonds is 5. The smallest absolute Gasteiger partial charge is 0.303 e. The molecular weight excluding hydrogens is 240 g/mol. The van der Waals surface area contributed by atoms with E-state index in [0.29, 0.717) is 17.1 Å². The highest BCUT2D eigenvalue weighted by Crippen LogP contribution is 2.20. The molecule has 1 aromatic carbocycles. The van der Waals surface area contributed by atoms with Crippen LogP contribution in [0, 0.1) is 17.2 Å². The summed E-state index contributed by atoms with van der Waals surface area (Å²) in [6, 6.07) is 7.02. The highest BCUT2D eigenvalue weighted by atomic mass is 35.5. The van der Waals surface area contributed by atoms with Gasteiger partial charge < -0.3 is 10.4 Å². The van der Waals surface area contributed by atoms with Crippen LogP contribution in [-0.2, 0) is 4.79 Å². The molecule has 1 unspecified atom stereocenters. The summed E-state index contributed by atoms with van der Waals surface area (Å²) >= 11 is 5.87. The molecule has 0 amide bonds. The van der Waals surface area contributed by atoms with Crippen molar-refractivity contribution in [2.75, 3.05) is 11.9 Å². The van der Waals surface area contributed by atoms with Crippen molar-refractivity contribution >= 4 is 23.3 Å². The Morgan fingerprint density at radius 2 is 2.35 bits per heavy atom. The molecule has 0 aliphatic heterocycles. The van der Waals surface area contributed by atoms with E-state index in [1.54, 1.807) is 18.2 Å². The summed E-state index contributed by atoms with van der Waals surface area (Å²) in [5.74, 6) is -0.779. The number of carboxylic acid groups (broad SMARTS) is 1. The third kappa shape index (κ3) is 4.33. The molecule has 0 aliphatic carbocycles. The van der Waals surface area contributed by atoms with Crippen LogP contribution in [0.25, 0.3) is 0 Å². The number of carboxylic acids is 1. The average Bonchev–Trinajstić information content (AvgIpc) is 2.25. The van der Waals surface area contributed by atoms with Crippen molar-refractivity contribution in [1.29, 1.82) is 5.26 Å². The maximum Gasteiger partial charge on any atom is 0.303 e. The molecule has 1 atom stereocenters. The van der Waals surface area contributed by atoms with Gasteiger partial charge in [0.15, 0.2) is 0 Å². The molecule has 4 nitrogen and oxygen atoms in total. The molecule has 1 aromatic rings. The zero-order valence-corrected chi connectivity index (χ0v) is 10.2. The monoisotopic (exact) mass is 252 g/mol. The molecule has 0 saturated heterocycles. The molecule has 0 heterocycles. The molecule has 0 aromatic heterocycles. The topological polar surface area (TPSA) is 73.1 Å². The Bertz CT molecular complexity index is 454. The molecule has 0 radical (unpaired) electrons. The molecule has 0 fully saturated rings. The lowest BCUT2D eigenvalue weighted by atomic mass is 10.1. The largest absolute Gasteiger partial charge is 0.481 e. The van der Waals surface area contributed by atoms with E-state index in [0.717, 1.165) is 5.69 Å². The van der Waals surface area contributed by atoms with Gasteiger partial charge in [-0.2, -0.15) is 5.26 Å². The van der Waals surface area contributed by atoms with Gasteiger partial charge in [-0.05, 0) is 24.1 Å². The molecular formula is C12H13ClN2O2. The molecule has 0 bridgehead atoms. The van der Waals surface area contributed by atoms with Crippen LogP contribution >= 0.6 is 11.6 Å². The zero-order valence-electron chi connectivity index (χ0n) is 9.40. The van der Waals surface area contributed by atoms with Gasteiger partial charge in [-0.1, -0.05) is 18.5 Å². The van der Waals surface area contributed by atoms with Crippen molar-refractivity contribution in [2.24, 2.45) is 5.92 Å². The van der Waals surface area contributed by atoms with Gasteiger partial charge in [0.25, 0.3) is 0 Å². The van der Waals surface area contributed by atoms with Gasteiger partial charge in [0.05, 0.1) is 10.6 Å². The van der Waals surface area contributed by atoms with E-state index < -0.39 is 5.97 Å². The SMILES string of the molecule is CC(CNc1ccc(C#N)c(Cl)c1)CC(=O)O. The van der Waals surface area contributed by atoms with Crippen molar-refractivity contribution in [3.8, 4) is 6.07 Å². The van der Waals surface area contributed by atoms with Crippen LogP contribution in [0.1, 0.15) is 18.9 Å². The number of nitrogens with one attached hydrogen (secondary N) is 1. The molecule has 5 heteroatoms. The Hall–Kier alpha value is -1.73. The molecule has 0 spiro atoms. The second-order valence-corrected chi connectivity index (χ2v) is 4.30. The van der Waals surface area contributed by atoms with E-state index >= 15 is 0 Å². The minimum Gasteiger partial charge on any atom is -0.481 e. The van der Waals surface area contributed by atoms with Crippen LogP contribution < -0.4 is 5.32 Å². The van der Waals surface area contributed by atoms with E-state index in [1.165, 1.54) is 0 Å². The number of hydrogen-bond donors (Lipinski definition) is 2. The Morgan fingerprint density at radius 3 is 2.88 bits per heavy atom. The Balaban J connectivity index is 2.56. The van der Waals surface area contributed by atoms with Crippen molar-refractivity contribution in [1.82, 2.24) is 0 Å². The summed E-state index contributed by atoms with van der Waals surface area (Å²) in [5.41, 5.74) is 1.21. The lowest BCUT2D eigenvalue weighted by Crippen LogP contribution is -2.14. The fraction of sp³-hybridized carbons (Fsp3) is 0.333. The number of hydrogen-bond acceptors (Lipinski definition) is 3. The quantitative estimate of drug-likeness (QED) is 0.845. The summed E-state index contributed by atoms with van der Waals surface area (Å²) in [4.78, 5) is 10.5.